The van der Waals surface area contributed by atoms with Crippen molar-refractivity contribution in [1.29, 1.82) is 0 Å². The lowest BCUT2D eigenvalue weighted by Gasteiger charge is -2.20. The molecule has 19 heavy (non-hydrogen) atoms. The highest BCUT2D eigenvalue weighted by Gasteiger charge is 2.15. The number of aryl methyl sites for hydroxylation is 3. The van der Waals surface area contributed by atoms with Crippen LogP contribution in [0.15, 0.2) is 40.9 Å². The smallest absolute Gasteiger partial charge is 0.0713 e. The predicted molar refractivity (Wildman–Crippen MR) is 84.0 cm³/mol. The second kappa shape index (κ2) is 5.87. The summed E-state index contributed by atoms with van der Waals surface area (Å²) in [6.45, 7) is 6.35. The molecule has 2 aromatic rings. The van der Waals surface area contributed by atoms with E-state index in [1.165, 1.54) is 27.8 Å². The molecule has 0 amide bonds. The maximum absolute atomic E-state index is 5.78. The second-order valence-corrected chi connectivity index (χ2v) is 5.86. The fourth-order valence-electron chi connectivity index (χ4n) is 2.23. The lowest BCUT2D eigenvalue weighted by molar-refractivity contribution is 0.633. The van der Waals surface area contributed by atoms with E-state index in [2.05, 4.69) is 72.5 Å². The third-order valence-electron chi connectivity index (χ3n) is 3.58. The molecule has 2 aromatic carbocycles. The van der Waals surface area contributed by atoms with Crippen LogP contribution in [0.25, 0.3) is 0 Å². The summed E-state index contributed by atoms with van der Waals surface area (Å²) in [7, 11) is 0. The summed E-state index contributed by atoms with van der Waals surface area (Å²) >= 11 is 3.52. The van der Waals surface area contributed by atoms with E-state index in [9.17, 15) is 0 Å². The topological polar surface area (TPSA) is 38.0 Å². The summed E-state index contributed by atoms with van der Waals surface area (Å²) in [5, 5.41) is 0. The second-order valence-electron chi connectivity index (χ2n) is 4.94. The largest absolute Gasteiger partial charge is 0.271 e. The maximum atomic E-state index is 5.78. The van der Waals surface area contributed by atoms with Crippen molar-refractivity contribution in [3.05, 3.63) is 68.7 Å². The third-order valence-corrected chi connectivity index (χ3v) is 4.08. The number of hydrogen-bond acceptors (Lipinski definition) is 2. The van der Waals surface area contributed by atoms with Crippen molar-refractivity contribution >= 4 is 15.9 Å². The Morgan fingerprint density at radius 2 is 1.63 bits per heavy atom. The van der Waals surface area contributed by atoms with Gasteiger partial charge in [0.1, 0.15) is 0 Å². The zero-order valence-corrected chi connectivity index (χ0v) is 13.1. The Kier molecular flexibility index (Phi) is 4.40. The van der Waals surface area contributed by atoms with E-state index in [4.69, 9.17) is 5.84 Å². The molecular formula is C16H19BrN2. The van der Waals surface area contributed by atoms with Crippen LogP contribution in [0.4, 0.5) is 0 Å². The minimum atomic E-state index is 0.0109. The summed E-state index contributed by atoms with van der Waals surface area (Å²) in [6, 6.07) is 12.7. The van der Waals surface area contributed by atoms with Gasteiger partial charge < -0.3 is 0 Å². The molecule has 2 nitrogen and oxygen atoms in total. The molecule has 0 aliphatic heterocycles. The molecule has 0 heterocycles. The van der Waals surface area contributed by atoms with Crippen molar-refractivity contribution < 1.29 is 0 Å². The van der Waals surface area contributed by atoms with E-state index in [1.54, 1.807) is 0 Å². The highest BCUT2D eigenvalue weighted by atomic mass is 79.9. The van der Waals surface area contributed by atoms with Gasteiger partial charge in [0.2, 0.25) is 0 Å². The van der Waals surface area contributed by atoms with Gasteiger partial charge in [0.25, 0.3) is 0 Å². The molecule has 0 saturated heterocycles. The zero-order chi connectivity index (χ0) is 14.0. The zero-order valence-electron chi connectivity index (χ0n) is 11.5. The summed E-state index contributed by atoms with van der Waals surface area (Å²) in [5.74, 6) is 5.78. The van der Waals surface area contributed by atoms with Gasteiger partial charge in [-0.25, -0.2) is 5.43 Å². The highest BCUT2D eigenvalue weighted by molar-refractivity contribution is 9.10. The number of nitrogens with one attached hydrogen (secondary N) is 1. The van der Waals surface area contributed by atoms with Crippen LogP contribution in [0, 0.1) is 20.8 Å². The lowest BCUT2D eigenvalue weighted by atomic mass is 9.93. The fourth-order valence-corrected chi connectivity index (χ4v) is 2.61. The van der Waals surface area contributed by atoms with Crippen molar-refractivity contribution in [3.8, 4) is 0 Å². The number of rotatable bonds is 3. The van der Waals surface area contributed by atoms with Crippen LogP contribution >= 0.6 is 15.9 Å². The van der Waals surface area contributed by atoms with Crippen molar-refractivity contribution in [2.45, 2.75) is 26.8 Å². The van der Waals surface area contributed by atoms with Crippen LogP contribution in [0.2, 0.25) is 0 Å². The van der Waals surface area contributed by atoms with Crippen molar-refractivity contribution in [2.75, 3.05) is 0 Å². The Morgan fingerprint density at radius 1 is 0.947 bits per heavy atom. The van der Waals surface area contributed by atoms with E-state index < -0.39 is 0 Å². The normalized spacial score (nSPS) is 12.5. The van der Waals surface area contributed by atoms with Gasteiger partial charge in [-0.15, -0.1) is 0 Å². The molecule has 100 valence electrons. The molecule has 3 heteroatoms. The quantitative estimate of drug-likeness (QED) is 0.664. The minimum absolute atomic E-state index is 0.0109. The van der Waals surface area contributed by atoms with Gasteiger partial charge in [-0.05, 0) is 60.7 Å². The van der Waals surface area contributed by atoms with Gasteiger partial charge in [0, 0.05) is 4.47 Å². The van der Waals surface area contributed by atoms with Gasteiger partial charge in [0.05, 0.1) is 6.04 Å². The molecule has 0 radical (unpaired) electrons. The molecule has 1 unspecified atom stereocenters. The Labute approximate surface area is 123 Å². The van der Waals surface area contributed by atoms with Crippen molar-refractivity contribution in [3.63, 3.8) is 0 Å². The third kappa shape index (κ3) is 3.06. The monoisotopic (exact) mass is 318 g/mol. The van der Waals surface area contributed by atoms with E-state index in [0.29, 0.717) is 0 Å². The minimum Gasteiger partial charge on any atom is -0.271 e. The van der Waals surface area contributed by atoms with Gasteiger partial charge in [-0.1, -0.05) is 40.2 Å². The molecule has 0 fully saturated rings. The van der Waals surface area contributed by atoms with E-state index in [-0.39, 0.29) is 6.04 Å². The molecule has 0 bridgehead atoms. The van der Waals surface area contributed by atoms with Gasteiger partial charge in [-0.2, -0.15) is 0 Å². The van der Waals surface area contributed by atoms with Crippen molar-refractivity contribution in [2.24, 2.45) is 5.84 Å². The van der Waals surface area contributed by atoms with E-state index >= 15 is 0 Å². The first-order chi connectivity index (χ1) is 9.02. The fraction of sp³-hybridized carbons (Fsp3) is 0.250. The Morgan fingerprint density at radius 3 is 2.26 bits per heavy atom. The molecule has 1 atom stereocenters. The van der Waals surface area contributed by atoms with E-state index in [1.807, 2.05) is 6.07 Å². The Balaban J connectivity index is 2.49. The Hall–Kier alpha value is -1.16. The average molecular weight is 319 g/mol. The van der Waals surface area contributed by atoms with Crippen LogP contribution in [-0.4, -0.2) is 0 Å². The first-order valence-electron chi connectivity index (χ1n) is 6.32. The molecule has 2 rings (SSSR count). The standard InChI is InChI=1S/C16H19BrN2/c1-10-4-6-13(8-12(10)3)16(19-18)15-9-14(17)7-5-11(15)2/h4-9,16,19H,18H2,1-3H3. The number of halogens is 1. The van der Waals surface area contributed by atoms with Crippen LogP contribution < -0.4 is 11.3 Å². The highest BCUT2D eigenvalue weighted by Crippen LogP contribution is 2.28. The van der Waals surface area contributed by atoms with Crippen LogP contribution in [0.5, 0.6) is 0 Å². The molecule has 0 aliphatic rings. The van der Waals surface area contributed by atoms with Crippen LogP contribution in [0.1, 0.15) is 33.9 Å². The number of hydrazine groups is 1. The number of nitrogens with two attached hydrogens (primary N) is 1. The predicted octanol–water partition coefficient (Wildman–Crippen LogP) is 3.93. The molecule has 0 aromatic heterocycles. The first kappa shape index (κ1) is 14.3. The molecule has 0 aliphatic carbocycles. The molecule has 0 saturated carbocycles. The first-order valence-corrected chi connectivity index (χ1v) is 7.11. The van der Waals surface area contributed by atoms with Gasteiger partial charge in [-0.3, -0.25) is 5.84 Å². The summed E-state index contributed by atoms with van der Waals surface area (Å²) in [5.41, 5.74) is 9.12. The van der Waals surface area contributed by atoms with Gasteiger partial charge >= 0.3 is 0 Å². The number of benzene rings is 2. The molecular weight excluding hydrogens is 300 g/mol. The van der Waals surface area contributed by atoms with Gasteiger partial charge in [0.15, 0.2) is 0 Å². The summed E-state index contributed by atoms with van der Waals surface area (Å²) in [4.78, 5) is 0. The van der Waals surface area contributed by atoms with Crippen LogP contribution in [0.3, 0.4) is 0 Å². The van der Waals surface area contributed by atoms with E-state index in [0.717, 1.165) is 4.47 Å². The number of hydrogen-bond donors (Lipinski definition) is 2. The SMILES string of the molecule is Cc1ccc(C(NN)c2cc(Br)ccc2C)cc1C. The summed E-state index contributed by atoms with van der Waals surface area (Å²) < 4.78 is 1.07. The molecule has 3 N–H and O–H groups in total. The Bertz CT molecular complexity index is 593. The average Bonchev–Trinajstić information content (AvgIpc) is 2.38. The molecule has 0 spiro atoms. The van der Waals surface area contributed by atoms with Crippen LogP contribution in [-0.2, 0) is 0 Å². The summed E-state index contributed by atoms with van der Waals surface area (Å²) in [6.07, 6.45) is 0. The maximum Gasteiger partial charge on any atom is 0.0713 e. The lowest BCUT2D eigenvalue weighted by Crippen LogP contribution is -2.29. The van der Waals surface area contributed by atoms with Crippen molar-refractivity contribution in [1.82, 2.24) is 5.43 Å².